The van der Waals surface area contributed by atoms with Crippen molar-refractivity contribution in [2.75, 3.05) is 5.32 Å². The smallest absolute Gasteiger partial charge is 0.144 e. The number of nitrogens with zero attached hydrogens (tertiary/aromatic N) is 2. The number of pyridine rings is 1. The van der Waals surface area contributed by atoms with E-state index in [-0.39, 0.29) is 6.10 Å². The molecule has 0 radical (unpaired) electrons. The van der Waals surface area contributed by atoms with Gasteiger partial charge in [-0.1, -0.05) is 0 Å². The summed E-state index contributed by atoms with van der Waals surface area (Å²) in [7, 11) is 0. The van der Waals surface area contributed by atoms with Gasteiger partial charge >= 0.3 is 0 Å². The van der Waals surface area contributed by atoms with Gasteiger partial charge in [-0.2, -0.15) is 5.26 Å². The summed E-state index contributed by atoms with van der Waals surface area (Å²) >= 11 is 0. The van der Waals surface area contributed by atoms with E-state index in [1.165, 1.54) is 0 Å². The number of nitrogens with one attached hydrogen (secondary N) is 1. The second-order valence-corrected chi connectivity index (χ2v) is 4.61. The van der Waals surface area contributed by atoms with Gasteiger partial charge in [-0.25, -0.2) is 4.98 Å². The highest BCUT2D eigenvalue weighted by Gasteiger charge is 2.20. The van der Waals surface area contributed by atoms with E-state index in [2.05, 4.69) is 16.4 Å². The first kappa shape index (κ1) is 11.9. The van der Waals surface area contributed by atoms with Crippen LogP contribution < -0.4 is 5.32 Å². The van der Waals surface area contributed by atoms with Gasteiger partial charge in [0.05, 0.1) is 11.7 Å². The fourth-order valence-corrected chi connectivity index (χ4v) is 2.17. The van der Waals surface area contributed by atoms with Crippen LogP contribution in [-0.2, 0) is 0 Å². The molecule has 0 saturated heterocycles. The maximum absolute atomic E-state index is 9.44. The Kier molecular flexibility index (Phi) is 3.60. The fourth-order valence-electron chi connectivity index (χ4n) is 2.17. The topological polar surface area (TPSA) is 68.9 Å². The van der Waals surface area contributed by atoms with Gasteiger partial charge in [-0.15, -0.1) is 0 Å². The Hall–Kier alpha value is -1.60. The van der Waals surface area contributed by atoms with E-state index in [0.29, 0.717) is 17.4 Å². The Labute approximate surface area is 101 Å². The zero-order valence-corrected chi connectivity index (χ0v) is 9.98. The van der Waals surface area contributed by atoms with E-state index in [1.807, 2.05) is 13.0 Å². The Morgan fingerprint density at radius 3 is 2.71 bits per heavy atom. The minimum Gasteiger partial charge on any atom is -0.393 e. The van der Waals surface area contributed by atoms with Crippen LogP contribution in [0.5, 0.6) is 0 Å². The van der Waals surface area contributed by atoms with Gasteiger partial charge in [0, 0.05) is 11.7 Å². The van der Waals surface area contributed by atoms with E-state index in [9.17, 15) is 5.11 Å². The van der Waals surface area contributed by atoms with E-state index >= 15 is 0 Å². The lowest BCUT2D eigenvalue weighted by Gasteiger charge is -2.26. The zero-order valence-electron chi connectivity index (χ0n) is 9.98. The monoisotopic (exact) mass is 231 g/mol. The molecule has 0 amide bonds. The molecule has 1 aliphatic carbocycles. The maximum atomic E-state index is 9.44. The molecule has 1 fully saturated rings. The van der Waals surface area contributed by atoms with Crippen LogP contribution in [0.4, 0.5) is 5.82 Å². The molecule has 1 aliphatic rings. The van der Waals surface area contributed by atoms with Gasteiger partial charge in [-0.3, -0.25) is 0 Å². The first-order valence-corrected chi connectivity index (χ1v) is 6.01. The van der Waals surface area contributed by atoms with Crippen LogP contribution in [0.15, 0.2) is 12.1 Å². The van der Waals surface area contributed by atoms with Crippen molar-refractivity contribution in [3.63, 3.8) is 0 Å². The average molecular weight is 231 g/mol. The number of aliphatic hydroxyl groups is 1. The summed E-state index contributed by atoms with van der Waals surface area (Å²) in [5.41, 5.74) is 1.49. The number of anilines is 1. The Morgan fingerprint density at radius 1 is 1.35 bits per heavy atom. The van der Waals surface area contributed by atoms with Gasteiger partial charge in [0.1, 0.15) is 11.9 Å². The SMILES string of the molecule is Cc1ccc(C#N)c(NC2CCC(O)CC2)n1. The molecule has 1 aromatic heterocycles. The first-order chi connectivity index (χ1) is 8.19. The zero-order chi connectivity index (χ0) is 12.3. The van der Waals surface area contributed by atoms with E-state index in [4.69, 9.17) is 5.26 Å². The predicted molar refractivity (Wildman–Crippen MR) is 65.6 cm³/mol. The van der Waals surface area contributed by atoms with Crippen molar-refractivity contribution in [1.82, 2.24) is 4.98 Å². The Morgan fingerprint density at radius 2 is 2.06 bits per heavy atom. The van der Waals surface area contributed by atoms with Crippen LogP contribution in [0.2, 0.25) is 0 Å². The Balaban J connectivity index is 2.08. The van der Waals surface area contributed by atoms with Crippen molar-refractivity contribution in [3.8, 4) is 6.07 Å². The Bertz CT molecular complexity index is 431. The normalized spacial score (nSPS) is 24.1. The molecule has 0 bridgehead atoms. The molecule has 2 rings (SSSR count). The molecule has 0 aliphatic heterocycles. The molecule has 90 valence electrons. The van der Waals surface area contributed by atoms with Crippen LogP contribution in [0.1, 0.15) is 36.9 Å². The molecule has 4 nitrogen and oxygen atoms in total. The summed E-state index contributed by atoms with van der Waals surface area (Å²) in [5.74, 6) is 0.675. The van der Waals surface area contributed by atoms with Crippen molar-refractivity contribution in [1.29, 1.82) is 5.26 Å². The number of aryl methyl sites for hydroxylation is 1. The van der Waals surface area contributed by atoms with Gasteiger partial charge in [0.2, 0.25) is 0 Å². The quantitative estimate of drug-likeness (QED) is 0.816. The second kappa shape index (κ2) is 5.15. The van der Waals surface area contributed by atoms with Crippen LogP contribution in [0.3, 0.4) is 0 Å². The highest BCUT2D eigenvalue weighted by atomic mass is 16.3. The molecule has 1 saturated carbocycles. The lowest BCUT2D eigenvalue weighted by molar-refractivity contribution is 0.126. The van der Waals surface area contributed by atoms with Gasteiger partial charge in [-0.05, 0) is 44.7 Å². The fraction of sp³-hybridized carbons (Fsp3) is 0.538. The highest BCUT2D eigenvalue weighted by Crippen LogP contribution is 2.23. The van der Waals surface area contributed by atoms with Crippen LogP contribution in [0, 0.1) is 18.3 Å². The highest BCUT2D eigenvalue weighted by molar-refractivity contribution is 5.52. The summed E-state index contributed by atoms with van der Waals surface area (Å²) in [5, 5.41) is 21.8. The third kappa shape index (κ3) is 2.95. The minimum atomic E-state index is -0.158. The van der Waals surface area contributed by atoms with Crippen LogP contribution >= 0.6 is 0 Å². The predicted octanol–water partition coefficient (Wildman–Crippen LogP) is 1.98. The van der Waals surface area contributed by atoms with E-state index < -0.39 is 0 Å². The van der Waals surface area contributed by atoms with Gasteiger partial charge in [0.15, 0.2) is 0 Å². The minimum absolute atomic E-state index is 0.158. The van der Waals surface area contributed by atoms with Crippen molar-refractivity contribution in [2.24, 2.45) is 0 Å². The molecular formula is C13H17N3O. The van der Waals surface area contributed by atoms with Gasteiger partial charge in [0.25, 0.3) is 0 Å². The van der Waals surface area contributed by atoms with Crippen molar-refractivity contribution < 1.29 is 5.11 Å². The van der Waals surface area contributed by atoms with E-state index in [1.54, 1.807) is 6.07 Å². The number of rotatable bonds is 2. The van der Waals surface area contributed by atoms with E-state index in [0.717, 1.165) is 31.4 Å². The molecule has 4 heteroatoms. The number of aromatic nitrogens is 1. The van der Waals surface area contributed by atoms with Crippen molar-refractivity contribution >= 4 is 5.82 Å². The summed E-state index contributed by atoms with van der Waals surface area (Å²) < 4.78 is 0. The average Bonchev–Trinajstić information content (AvgIpc) is 2.32. The molecule has 2 N–H and O–H groups in total. The number of aliphatic hydroxyl groups excluding tert-OH is 1. The standard InChI is InChI=1S/C13H17N3O/c1-9-2-3-10(8-14)13(15-9)16-11-4-6-12(17)7-5-11/h2-3,11-12,17H,4-7H2,1H3,(H,15,16). The molecule has 0 atom stereocenters. The molecule has 17 heavy (non-hydrogen) atoms. The van der Waals surface area contributed by atoms with Crippen LogP contribution in [0.25, 0.3) is 0 Å². The number of hydrogen-bond acceptors (Lipinski definition) is 4. The lowest BCUT2D eigenvalue weighted by Crippen LogP contribution is -2.28. The molecule has 0 spiro atoms. The van der Waals surface area contributed by atoms with Crippen molar-refractivity contribution in [2.45, 2.75) is 44.8 Å². The summed E-state index contributed by atoms with van der Waals surface area (Å²) in [6, 6.07) is 6.10. The molecular weight excluding hydrogens is 214 g/mol. The molecule has 0 unspecified atom stereocenters. The van der Waals surface area contributed by atoms with Crippen molar-refractivity contribution in [3.05, 3.63) is 23.4 Å². The third-order valence-electron chi connectivity index (χ3n) is 3.19. The number of hydrogen-bond donors (Lipinski definition) is 2. The molecule has 1 aromatic rings. The second-order valence-electron chi connectivity index (χ2n) is 4.61. The summed E-state index contributed by atoms with van der Waals surface area (Å²) in [6.07, 6.45) is 3.36. The third-order valence-corrected chi connectivity index (χ3v) is 3.19. The summed E-state index contributed by atoms with van der Waals surface area (Å²) in [6.45, 7) is 1.91. The number of nitriles is 1. The van der Waals surface area contributed by atoms with Crippen LogP contribution in [-0.4, -0.2) is 22.2 Å². The first-order valence-electron chi connectivity index (χ1n) is 6.01. The summed E-state index contributed by atoms with van der Waals surface area (Å²) in [4.78, 5) is 4.36. The largest absolute Gasteiger partial charge is 0.393 e. The molecule has 1 heterocycles. The lowest BCUT2D eigenvalue weighted by atomic mass is 9.93. The molecule has 0 aromatic carbocycles. The maximum Gasteiger partial charge on any atom is 0.144 e. The van der Waals surface area contributed by atoms with Gasteiger partial charge < -0.3 is 10.4 Å².